The SMILES string of the molecule is Cn1c(CN2CCC([C@@H]3CCCCCN3C(=O)c3ccccc3)CC2)cc(=O)n(C)c1=O. The van der Waals surface area contributed by atoms with Crippen LogP contribution in [0.1, 0.15) is 54.6 Å². The van der Waals surface area contributed by atoms with E-state index in [1.807, 2.05) is 30.3 Å². The lowest BCUT2D eigenvalue weighted by Crippen LogP contribution is -2.48. The van der Waals surface area contributed by atoms with Crippen LogP contribution < -0.4 is 11.2 Å². The molecule has 3 heterocycles. The fourth-order valence-corrected chi connectivity index (χ4v) is 5.28. The molecule has 2 saturated heterocycles. The minimum Gasteiger partial charge on any atom is -0.335 e. The highest BCUT2D eigenvalue weighted by molar-refractivity contribution is 5.94. The fraction of sp³-hybridized carbons (Fsp3) is 0.560. The van der Waals surface area contributed by atoms with Gasteiger partial charge in [0.25, 0.3) is 11.5 Å². The zero-order chi connectivity index (χ0) is 22.7. The van der Waals surface area contributed by atoms with E-state index in [0.717, 1.165) is 61.1 Å². The number of rotatable bonds is 4. The van der Waals surface area contributed by atoms with Gasteiger partial charge in [-0.1, -0.05) is 31.0 Å². The van der Waals surface area contributed by atoms with Gasteiger partial charge < -0.3 is 4.90 Å². The zero-order valence-corrected chi connectivity index (χ0v) is 19.2. The summed E-state index contributed by atoms with van der Waals surface area (Å²) in [5, 5.41) is 0. The molecule has 172 valence electrons. The molecule has 1 aromatic carbocycles. The maximum atomic E-state index is 13.3. The summed E-state index contributed by atoms with van der Waals surface area (Å²) in [4.78, 5) is 42.0. The molecule has 4 rings (SSSR count). The second kappa shape index (κ2) is 9.86. The van der Waals surface area contributed by atoms with Gasteiger partial charge >= 0.3 is 5.69 Å². The molecule has 0 radical (unpaired) electrons. The first-order valence-corrected chi connectivity index (χ1v) is 11.8. The monoisotopic (exact) mass is 438 g/mol. The van der Waals surface area contributed by atoms with E-state index in [-0.39, 0.29) is 17.2 Å². The van der Waals surface area contributed by atoms with Crippen molar-refractivity contribution in [1.29, 1.82) is 0 Å². The van der Waals surface area contributed by atoms with Gasteiger partial charge in [-0.3, -0.25) is 23.6 Å². The lowest BCUT2D eigenvalue weighted by molar-refractivity contribution is 0.0513. The van der Waals surface area contributed by atoms with E-state index >= 15 is 0 Å². The highest BCUT2D eigenvalue weighted by Crippen LogP contribution is 2.31. The first-order chi connectivity index (χ1) is 15.5. The van der Waals surface area contributed by atoms with Gasteiger partial charge in [-0.15, -0.1) is 0 Å². The van der Waals surface area contributed by atoms with Gasteiger partial charge in [0.1, 0.15) is 0 Å². The normalized spacial score (nSPS) is 20.8. The smallest absolute Gasteiger partial charge is 0.330 e. The van der Waals surface area contributed by atoms with Crippen molar-refractivity contribution >= 4 is 5.91 Å². The van der Waals surface area contributed by atoms with Crippen LogP contribution in [0.4, 0.5) is 0 Å². The highest BCUT2D eigenvalue weighted by atomic mass is 16.2. The summed E-state index contributed by atoms with van der Waals surface area (Å²) in [5.74, 6) is 0.652. The summed E-state index contributed by atoms with van der Waals surface area (Å²) in [5.41, 5.74) is 0.998. The molecule has 32 heavy (non-hydrogen) atoms. The number of carbonyl (C=O) groups is 1. The molecule has 1 atom stereocenters. The number of carbonyl (C=O) groups excluding carboxylic acids is 1. The molecule has 0 spiro atoms. The van der Waals surface area contributed by atoms with Crippen LogP contribution in [0.25, 0.3) is 0 Å². The van der Waals surface area contributed by atoms with Crippen LogP contribution in [-0.2, 0) is 20.6 Å². The molecule has 0 aliphatic carbocycles. The van der Waals surface area contributed by atoms with Crippen LogP contribution >= 0.6 is 0 Å². The van der Waals surface area contributed by atoms with Crippen LogP contribution in [0, 0.1) is 5.92 Å². The van der Waals surface area contributed by atoms with E-state index in [4.69, 9.17) is 0 Å². The molecule has 0 N–H and O–H groups in total. The van der Waals surface area contributed by atoms with Crippen LogP contribution in [0.5, 0.6) is 0 Å². The average molecular weight is 439 g/mol. The van der Waals surface area contributed by atoms with Crippen molar-refractivity contribution in [1.82, 2.24) is 18.9 Å². The molecule has 7 nitrogen and oxygen atoms in total. The topological polar surface area (TPSA) is 67.5 Å². The number of hydrogen-bond acceptors (Lipinski definition) is 4. The molecule has 2 aromatic rings. The minimum absolute atomic E-state index is 0.162. The van der Waals surface area contributed by atoms with Crippen molar-refractivity contribution in [3.8, 4) is 0 Å². The highest BCUT2D eigenvalue weighted by Gasteiger charge is 2.34. The molecular weight excluding hydrogens is 404 g/mol. The number of aromatic nitrogens is 2. The Bertz CT molecular complexity index is 1050. The number of likely N-dealkylation sites (tertiary alicyclic amines) is 2. The molecule has 1 aromatic heterocycles. The van der Waals surface area contributed by atoms with Gasteiger partial charge in [0, 0.05) is 50.6 Å². The van der Waals surface area contributed by atoms with Gasteiger partial charge in [-0.05, 0) is 56.8 Å². The van der Waals surface area contributed by atoms with E-state index in [0.29, 0.717) is 18.5 Å². The third kappa shape index (κ3) is 4.72. The fourth-order valence-electron chi connectivity index (χ4n) is 5.28. The van der Waals surface area contributed by atoms with E-state index in [1.54, 1.807) is 17.7 Å². The van der Waals surface area contributed by atoms with E-state index in [2.05, 4.69) is 9.80 Å². The number of hydrogen-bond donors (Lipinski definition) is 0. The second-order valence-corrected chi connectivity index (χ2v) is 9.27. The number of nitrogens with zero attached hydrogens (tertiary/aromatic N) is 4. The maximum absolute atomic E-state index is 13.3. The summed E-state index contributed by atoms with van der Waals surface area (Å²) in [7, 11) is 3.23. The van der Waals surface area contributed by atoms with Crippen molar-refractivity contribution in [3.63, 3.8) is 0 Å². The zero-order valence-electron chi connectivity index (χ0n) is 19.2. The third-order valence-electron chi connectivity index (χ3n) is 7.27. The first-order valence-electron chi connectivity index (χ1n) is 11.8. The molecule has 2 aliphatic heterocycles. The van der Waals surface area contributed by atoms with E-state index < -0.39 is 0 Å². The molecule has 7 heteroatoms. The van der Waals surface area contributed by atoms with Crippen LogP contribution in [0.3, 0.4) is 0 Å². The Morgan fingerprint density at radius 2 is 1.62 bits per heavy atom. The predicted molar refractivity (Wildman–Crippen MR) is 125 cm³/mol. The van der Waals surface area contributed by atoms with Crippen molar-refractivity contribution in [2.75, 3.05) is 19.6 Å². The summed E-state index contributed by atoms with van der Waals surface area (Å²) in [6, 6.07) is 11.5. The predicted octanol–water partition coefficient (Wildman–Crippen LogP) is 2.38. The Morgan fingerprint density at radius 3 is 2.34 bits per heavy atom. The molecular formula is C25H34N4O3. The molecule has 2 fully saturated rings. The Morgan fingerprint density at radius 1 is 0.906 bits per heavy atom. The maximum Gasteiger partial charge on any atom is 0.330 e. The lowest BCUT2D eigenvalue weighted by Gasteiger charge is -2.41. The first kappa shape index (κ1) is 22.5. The number of piperidine rings is 1. The molecule has 0 bridgehead atoms. The van der Waals surface area contributed by atoms with Crippen LogP contribution in [-0.4, -0.2) is 50.5 Å². The van der Waals surface area contributed by atoms with Gasteiger partial charge in [0.2, 0.25) is 0 Å². The number of amides is 1. The second-order valence-electron chi connectivity index (χ2n) is 9.27. The standard InChI is InChI=1S/C25H34N4O3/c1-26-21(17-23(30)27(2)25(26)32)18-28-15-12-19(13-16-28)22-11-7-4-8-14-29(22)24(31)20-9-5-3-6-10-20/h3,5-6,9-10,17,19,22H,4,7-8,11-16,18H2,1-2H3/t22-/m0/s1. The Kier molecular flexibility index (Phi) is 6.94. The Labute approximate surface area is 189 Å². The van der Waals surface area contributed by atoms with Crippen molar-refractivity contribution in [3.05, 3.63) is 68.5 Å². The lowest BCUT2D eigenvalue weighted by atomic mass is 9.85. The molecule has 0 unspecified atom stereocenters. The van der Waals surface area contributed by atoms with E-state index in [9.17, 15) is 14.4 Å². The van der Waals surface area contributed by atoms with Crippen molar-refractivity contribution in [2.24, 2.45) is 20.0 Å². The van der Waals surface area contributed by atoms with Crippen LogP contribution in [0.15, 0.2) is 46.0 Å². The van der Waals surface area contributed by atoms with Gasteiger partial charge in [-0.2, -0.15) is 0 Å². The van der Waals surface area contributed by atoms with Gasteiger partial charge in [0.15, 0.2) is 0 Å². The average Bonchev–Trinajstić information content (AvgIpc) is 3.08. The van der Waals surface area contributed by atoms with E-state index in [1.165, 1.54) is 19.9 Å². The number of benzene rings is 1. The summed E-state index contributed by atoms with van der Waals surface area (Å²) in [6.45, 7) is 3.27. The minimum atomic E-state index is -0.282. The molecule has 2 aliphatic rings. The molecule has 1 amide bonds. The summed E-state index contributed by atoms with van der Waals surface area (Å²) < 4.78 is 2.71. The van der Waals surface area contributed by atoms with Crippen LogP contribution in [0.2, 0.25) is 0 Å². The largest absolute Gasteiger partial charge is 0.335 e. The Hall–Kier alpha value is -2.67. The Balaban J connectivity index is 1.44. The quantitative estimate of drug-likeness (QED) is 0.735. The van der Waals surface area contributed by atoms with Gasteiger partial charge in [-0.25, -0.2) is 4.79 Å². The summed E-state index contributed by atoms with van der Waals surface area (Å²) >= 11 is 0. The van der Waals surface area contributed by atoms with Crippen molar-refractivity contribution < 1.29 is 4.79 Å². The summed E-state index contributed by atoms with van der Waals surface area (Å²) in [6.07, 6.45) is 6.57. The third-order valence-corrected chi connectivity index (χ3v) is 7.27. The van der Waals surface area contributed by atoms with Crippen molar-refractivity contribution in [2.45, 2.75) is 51.1 Å². The van der Waals surface area contributed by atoms with Gasteiger partial charge in [0.05, 0.1) is 0 Å². The molecule has 0 saturated carbocycles.